The highest BCUT2D eigenvalue weighted by atomic mass is 16.5. The van der Waals surface area contributed by atoms with E-state index in [9.17, 15) is 9.59 Å². The van der Waals surface area contributed by atoms with E-state index in [0.29, 0.717) is 25.1 Å². The largest absolute Gasteiger partial charge is 0.466 e. The molecule has 2 aromatic carbocycles. The summed E-state index contributed by atoms with van der Waals surface area (Å²) in [6, 6.07) is 15.8. The SMILES string of the molecule is CCOC(=O)C(CC)c1ccnn(Cc2ccc3ccccc3c2)c1=O. The highest BCUT2D eigenvalue weighted by Crippen LogP contribution is 2.18. The number of nitrogens with zero attached hydrogens (tertiary/aromatic N) is 2. The van der Waals surface area contributed by atoms with Gasteiger partial charge in [-0.1, -0.05) is 43.3 Å². The number of hydrogen-bond donors (Lipinski definition) is 0. The van der Waals surface area contributed by atoms with Gasteiger partial charge >= 0.3 is 5.97 Å². The Labute approximate surface area is 152 Å². The Morgan fingerprint density at radius 2 is 1.88 bits per heavy atom. The maximum absolute atomic E-state index is 12.8. The van der Waals surface area contributed by atoms with Crippen LogP contribution in [0, 0.1) is 0 Å². The number of benzene rings is 2. The molecule has 5 heteroatoms. The van der Waals surface area contributed by atoms with Crippen molar-refractivity contribution in [1.82, 2.24) is 9.78 Å². The smallest absolute Gasteiger partial charge is 0.313 e. The molecule has 0 aliphatic heterocycles. The van der Waals surface area contributed by atoms with Crippen molar-refractivity contribution in [3.05, 3.63) is 76.2 Å². The van der Waals surface area contributed by atoms with Gasteiger partial charge in [-0.3, -0.25) is 9.59 Å². The van der Waals surface area contributed by atoms with Gasteiger partial charge in [-0.15, -0.1) is 0 Å². The number of esters is 1. The average molecular weight is 350 g/mol. The quantitative estimate of drug-likeness (QED) is 0.638. The van der Waals surface area contributed by atoms with Crippen LogP contribution in [-0.2, 0) is 16.1 Å². The van der Waals surface area contributed by atoms with Crippen molar-refractivity contribution in [3.8, 4) is 0 Å². The van der Waals surface area contributed by atoms with Crippen molar-refractivity contribution in [2.45, 2.75) is 32.7 Å². The minimum Gasteiger partial charge on any atom is -0.466 e. The molecule has 3 aromatic rings. The van der Waals surface area contributed by atoms with Crippen LogP contribution in [0.2, 0.25) is 0 Å². The number of fused-ring (bicyclic) bond motifs is 1. The molecule has 0 aliphatic rings. The number of hydrogen-bond acceptors (Lipinski definition) is 4. The van der Waals surface area contributed by atoms with Crippen LogP contribution in [0.1, 0.15) is 37.3 Å². The molecule has 0 saturated carbocycles. The number of carbonyl (C=O) groups is 1. The normalized spacial score (nSPS) is 12.1. The molecular formula is C21H22N2O3. The summed E-state index contributed by atoms with van der Waals surface area (Å²) >= 11 is 0. The summed E-state index contributed by atoms with van der Waals surface area (Å²) in [4.78, 5) is 25.0. The van der Waals surface area contributed by atoms with Crippen molar-refractivity contribution in [1.29, 1.82) is 0 Å². The van der Waals surface area contributed by atoms with Crippen LogP contribution in [-0.4, -0.2) is 22.4 Å². The maximum atomic E-state index is 12.8. The van der Waals surface area contributed by atoms with E-state index in [4.69, 9.17) is 4.74 Å². The molecule has 0 saturated heterocycles. The predicted octanol–water partition coefficient (Wildman–Crippen LogP) is 3.50. The zero-order valence-electron chi connectivity index (χ0n) is 15.0. The van der Waals surface area contributed by atoms with E-state index in [1.54, 1.807) is 19.2 Å². The Kier molecular flexibility index (Phi) is 5.46. The van der Waals surface area contributed by atoms with Crippen molar-refractivity contribution in [3.63, 3.8) is 0 Å². The van der Waals surface area contributed by atoms with Crippen molar-refractivity contribution in [2.24, 2.45) is 0 Å². The Balaban J connectivity index is 1.93. The van der Waals surface area contributed by atoms with E-state index in [0.717, 1.165) is 16.3 Å². The topological polar surface area (TPSA) is 61.2 Å². The van der Waals surface area contributed by atoms with Gasteiger partial charge in [0.25, 0.3) is 5.56 Å². The molecule has 0 fully saturated rings. The zero-order valence-corrected chi connectivity index (χ0v) is 15.0. The maximum Gasteiger partial charge on any atom is 0.313 e. The molecule has 0 radical (unpaired) electrons. The number of carbonyl (C=O) groups excluding carboxylic acids is 1. The molecule has 0 amide bonds. The van der Waals surface area contributed by atoms with Gasteiger partial charge in [0.05, 0.1) is 19.1 Å². The van der Waals surface area contributed by atoms with Gasteiger partial charge in [-0.25, -0.2) is 4.68 Å². The van der Waals surface area contributed by atoms with E-state index in [1.807, 2.05) is 37.3 Å². The number of aromatic nitrogens is 2. The van der Waals surface area contributed by atoms with Crippen LogP contribution < -0.4 is 5.56 Å². The van der Waals surface area contributed by atoms with Gasteiger partial charge in [0, 0.05) is 11.8 Å². The van der Waals surface area contributed by atoms with E-state index in [-0.39, 0.29) is 11.5 Å². The molecule has 3 rings (SSSR count). The molecule has 1 aromatic heterocycles. The summed E-state index contributed by atoms with van der Waals surface area (Å²) in [5.74, 6) is -0.927. The van der Waals surface area contributed by atoms with Crippen LogP contribution in [0.4, 0.5) is 0 Å². The van der Waals surface area contributed by atoms with Gasteiger partial charge < -0.3 is 4.74 Å². The third-order valence-electron chi connectivity index (χ3n) is 4.44. The Bertz CT molecular complexity index is 978. The van der Waals surface area contributed by atoms with Crippen molar-refractivity contribution < 1.29 is 9.53 Å². The first-order valence-electron chi connectivity index (χ1n) is 8.84. The molecule has 1 atom stereocenters. The Hall–Kier alpha value is -2.95. The Morgan fingerprint density at radius 3 is 2.62 bits per heavy atom. The number of ether oxygens (including phenoxy) is 1. The van der Waals surface area contributed by atoms with Crippen LogP contribution in [0.3, 0.4) is 0 Å². The summed E-state index contributed by atoms with van der Waals surface area (Å²) in [5.41, 5.74) is 1.17. The second kappa shape index (κ2) is 7.95. The molecular weight excluding hydrogens is 328 g/mol. The monoisotopic (exact) mass is 350 g/mol. The summed E-state index contributed by atoms with van der Waals surface area (Å²) in [5, 5.41) is 6.46. The van der Waals surface area contributed by atoms with Crippen LogP contribution in [0.25, 0.3) is 10.8 Å². The van der Waals surface area contributed by atoms with Gasteiger partial charge in [0.1, 0.15) is 0 Å². The van der Waals surface area contributed by atoms with E-state index < -0.39 is 5.92 Å². The third-order valence-corrected chi connectivity index (χ3v) is 4.44. The van der Waals surface area contributed by atoms with Gasteiger partial charge in [-0.2, -0.15) is 5.10 Å². The molecule has 0 N–H and O–H groups in total. The predicted molar refractivity (Wildman–Crippen MR) is 101 cm³/mol. The third kappa shape index (κ3) is 3.67. The van der Waals surface area contributed by atoms with Gasteiger partial charge in [0.15, 0.2) is 0 Å². The first-order chi connectivity index (χ1) is 12.6. The average Bonchev–Trinajstić information content (AvgIpc) is 2.65. The number of rotatable bonds is 6. The minimum atomic E-state index is -0.562. The lowest BCUT2D eigenvalue weighted by atomic mass is 9.98. The lowest BCUT2D eigenvalue weighted by molar-refractivity contribution is -0.145. The van der Waals surface area contributed by atoms with Crippen molar-refractivity contribution >= 4 is 16.7 Å². The van der Waals surface area contributed by atoms with E-state index in [2.05, 4.69) is 17.2 Å². The molecule has 1 heterocycles. The minimum absolute atomic E-state index is 0.249. The molecule has 5 nitrogen and oxygen atoms in total. The lowest BCUT2D eigenvalue weighted by Crippen LogP contribution is -2.30. The van der Waals surface area contributed by atoms with Crippen LogP contribution in [0.15, 0.2) is 59.5 Å². The standard InChI is InChI=1S/C21H22N2O3/c1-3-18(21(25)26-4-2)19-11-12-22-23(20(19)24)14-15-9-10-16-7-5-6-8-17(16)13-15/h5-13,18H,3-4,14H2,1-2H3. The first kappa shape index (κ1) is 17.9. The molecule has 26 heavy (non-hydrogen) atoms. The molecule has 0 spiro atoms. The highest BCUT2D eigenvalue weighted by molar-refractivity contribution is 5.83. The Morgan fingerprint density at radius 1 is 1.12 bits per heavy atom. The second-order valence-corrected chi connectivity index (χ2v) is 6.14. The fourth-order valence-corrected chi connectivity index (χ4v) is 3.11. The van der Waals surface area contributed by atoms with Crippen LogP contribution in [0.5, 0.6) is 0 Å². The van der Waals surface area contributed by atoms with Gasteiger partial charge in [-0.05, 0) is 41.8 Å². The highest BCUT2D eigenvalue weighted by Gasteiger charge is 2.23. The van der Waals surface area contributed by atoms with E-state index in [1.165, 1.54) is 4.68 Å². The molecule has 0 bridgehead atoms. The van der Waals surface area contributed by atoms with Crippen LogP contribution >= 0.6 is 0 Å². The van der Waals surface area contributed by atoms with Gasteiger partial charge in [0.2, 0.25) is 0 Å². The first-order valence-corrected chi connectivity index (χ1v) is 8.84. The molecule has 1 unspecified atom stereocenters. The second-order valence-electron chi connectivity index (χ2n) is 6.14. The summed E-state index contributed by atoms with van der Waals surface area (Å²) in [7, 11) is 0. The molecule has 134 valence electrons. The van der Waals surface area contributed by atoms with Crippen molar-refractivity contribution in [2.75, 3.05) is 6.61 Å². The summed E-state index contributed by atoms with van der Waals surface area (Å²) in [6.45, 7) is 4.28. The van der Waals surface area contributed by atoms with E-state index >= 15 is 0 Å². The lowest BCUT2D eigenvalue weighted by Gasteiger charge is -2.14. The fourth-order valence-electron chi connectivity index (χ4n) is 3.11. The fraction of sp³-hybridized carbons (Fsp3) is 0.286. The molecule has 0 aliphatic carbocycles. The summed E-state index contributed by atoms with van der Waals surface area (Å²) in [6.07, 6.45) is 2.08. The zero-order chi connectivity index (χ0) is 18.5. The summed E-state index contributed by atoms with van der Waals surface area (Å²) < 4.78 is 6.51.